The van der Waals surface area contributed by atoms with Crippen LogP contribution in [-0.2, 0) is 4.74 Å². The molecular formula is C14H13Br2NO3. The van der Waals surface area contributed by atoms with Crippen LogP contribution in [0.1, 0.15) is 27.9 Å². The molecule has 1 unspecified atom stereocenters. The molecule has 0 spiro atoms. The topological polar surface area (TPSA) is 51.5 Å². The van der Waals surface area contributed by atoms with Gasteiger partial charge in [0.2, 0.25) is 5.76 Å². The monoisotopic (exact) mass is 401 g/mol. The Balaban J connectivity index is 2.37. The van der Waals surface area contributed by atoms with Crippen LogP contribution in [0, 0.1) is 0 Å². The van der Waals surface area contributed by atoms with Gasteiger partial charge in [-0.15, -0.1) is 0 Å². The van der Waals surface area contributed by atoms with E-state index in [0.29, 0.717) is 5.76 Å². The van der Waals surface area contributed by atoms with E-state index in [1.165, 1.54) is 7.11 Å². The zero-order chi connectivity index (χ0) is 14.7. The van der Waals surface area contributed by atoms with Crippen molar-refractivity contribution in [1.82, 2.24) is 5.32 Å². The van der Waals surface area contributed by atoms with Gasteiger partial charge in [0.05, 0.1) is 13.2 Å². The molecule has 0 amide bonds. The molecule has 20 heavy (non-hydrogen) atoms. The number of furan rings is 1. The highest BCUT2D eigenvalue weighted by Crippen LogP contribution is 2.31. The zero-order valence-corrected chi connectivity index (χ0v) is 14.1. The summed E-state index contributed by atoms with van der Waals surface area (Å²) < 4.78 is 12.1. The largest absolute Gasteiger partial charge is 0.463 e. The Morgan fingerprint density at radius 2 is 2.05 bits per heavy atom. The molecule has 2 rings (SSSR count). The van der Waals surface area contributed by atoms with Crippen molar-refractivity contribution < 1.29 is 13.9 Å². The van der Waals surface area contributed by atoms with Gasteiger partial charge >= 0.3 is 5.97 Å². The molecule has 1 aromatic carbocycles. The molecular weight excluding hydrogens is 390 g/mol. The summed E-state index contributed by atoms with van der Waals surface area (Å²) in [5.41, 5.74) is 1.02. The van der Waals surface area contributed by atoms with Gasteiger partial charge in [-0.05, 0) is 36.9 Å². The van der Waals surface area contributed by atoms with Crippen molar-refractivity contribution in [2.24, 2.45) is 0 Å². The number of halogens is 2. The van der Waals surface area contributed by atoms with E-state index < -0.39 is 5.97 Å². The number of nitrogens with one attached hydrogen (secondary N) is 1. The van der Waals surface area contributed by atoms with Gasteiger partial charge in [-0.25, -0.2) is 4.79 Å². The van der Waals surface area contributed by atoms with Crippen LogP contribution in [-0.4, -0.2) is 20.1 Å². The molecule has 1 heterocycles. The van der Waals surface area contributed by atoms with Crippen molar-refractivity contribution in [2.45, 2.75) is 6.04 Å². The van der Waals surface area contributed by atoms with E-state index in [1.54, 1.807) is 12.1 Å². The van der Waals surface area contributed by atoms with Crippen LogP contribution in [0.15, 0.2) is 43.7 Å². The molecule has 0 aliphatic rings. The lowest BCUT2D eigenvalue weighted by Crippen LogP contribution is -2.17. The highest BCUT2D eigenvalue weighted by atomic mass is 79.9. The third kappa shape index (κ3) is 3.13. The average Bonchev–Trinajstić information content (AvgIpc) is 2.90. The van der Waals surface area contributed by atoms with E-state index in [0.717, 1.165) is 14.5 Å². The van der Waals surface area contributed by atoms with Crippen molar-refractivity contribution in [3.05, 3.63) is 56.4 Å². The number of rotatable bonds is 4. The van der Waals surface area contributed by atoms with Gasteiger partial charge in [0, 0.05) is 8.95 Å². The molecule has 1 atom stereocenters. The third-order valence-electron chi connectivity index (χ3n) is 2.86. The Bertz CT molecular complexity index is 625. The molecule has 0 aliphatic carbocycles. The molecule has 1 aromatic heterocycles. The van der Waals surface area contributed by atoms with Gasteiger partial charge in [0.1, 0.15) is 5.76 Å². The predicted octanol–water partition coefficient (Wildman–Crippen LogP) is 3.90. The quantitative estimate of drug-likeness (QED) is 0.788. The first-order valence-corrected chi connectivity index (χ1v) is 7.45. The molecule has 1 N–H and O–H groups in total. The minimum absolute atomic E-state index is 0.157. The van der Waals surface area contributed by atoms with E-state index >= 15 is 0 Å². The predicted molar refractivity (Wildman–Crippen MR) is 82.8 cm³/mol. The summed E-state index contributed by atoms with van der Waals surface area (Å²) in [7, 11) is 3.16. The van der Waals surface area contributed by atoms with Crippen LogP contribution in [0.4, 0.5) is 0 Å². The van der Waals surface area contributed by atoms with E-state index in [1.807, 2.05) is 25.2 Å². The van der Waals surface area contributed by atoms with Crippen LogP contribution in [0.3, 0.4) is 0 Å². The fourth-order valence-electron chi connectivity index (χ4n) is 1.90. The second kappa shape index (κ2) is 6.56. The van der Waals surface area contributed by atoms with E-state index in [4.69, 9.17) is 4.42 Å². The van der Waals surface area contributed by atoms with Crippen molar-refractivity contribution >= 4 is 37.8 Å². The van der Waals surface area contributed by atoms with Gasteiger partial charge in [-0.3, -0.25) is 0 Å². The lowest BCUT2D eigenvalue weighted by molar-refractivity contribution is 0.0562. The minimum Gasteiger partial charge on any atom is -0.463 e. The first-order valence-electron chi connectivity index (χ1n) is 5.87. The third-order valence-corrected chi connectivity index (χ3v) is 4.04. The van der Waals surface area contributed by atoms with Crippen LogP contribution in [0.2, 0.25) is 0 Å². The number of ether oxygens (including phenoxy) is 1. The number of benzene rings is 1. The molecule has 106 valence electrons. The van der Waals surface area contributed by atoms with Crippen molar-refractivity contribution in [1.29, 1.82) is 0 Å². The number of carbonyl (C=O) groups excluding carboxylic acids is 1. The van der Waals surface area contributed by atoms with Crippen molar-refractivity contribution in [3.8, 4) is 0 Å². The maximum Gasteiger partial charge on any atom is 0.373 e. The van der Waals surface area contributed by atoms with Crippen molar-refractivity contribution in [2.75, 3.05) is 14.2 Å². The Morgan fingerprint density at radius 1 is 1.30 bits per heavy atom. The highest BCUT2D eigenvalue weighted by Gasteiger charge is 2.20. The first kappa shape index (κ1) is 15.3. The number of hydrogen-bond donors (Lipinski definition) is 1. The molecule has 0 bridgehead atoms. The van der Waals surface area contributed by atoms with E-state index in [9.17, 15) is 4.79 Å². The second-order valence-corrected chi connectivity index (χ2v) is 5.85. The lowest BCUT2D eigenvalue weighted by Gasteiger charge is -2.16. The highest BCUT2D eigenvalue weighted by molar-refractivity contribution is 9.11. The molecule has 6 heteroatoms. The summed E-state index contributed by atoms with van der Waals surface area (Å²) in [6.07, 6.45) is 0. The van der Waals surface area contributed by atoms with Crippen LogP contribution >= 0.6 is 31.9 Å². The zero-order valence-electron chi connectivity index (χ0n) is 10.9. The first-order chi connectivity index (χ1) is 9.56. The summed E-state index contributed by atoms with van der Waals surface area (Å²) in [5.74, 6) is 0.355. The second-order valence-electron chi connectivity index (χ2n) is 4.08. The Morgan fingerprint density at radius 3 is 2.65 bits per heavy atom. The number of methoxy groups -OCH3 is 1. The van der Waals surface area contributed by atoms with Gasteiger partial charge in [-0.2, -0.15) is 0 Å². The van der Waals surface area contributed by atoms with Gasteiger partial charge in [-0.1, -0.05) is 37.9 Å². The Hall–Kier alpha value is -1.11. The fraction of sp³-hybridized carbons (Fsp3) is 0.214. The minimum atomic E-state index is -0.485. The lowest BCUT2D eigenvalue weighted by atomic mass is 10.1. The summed E-state index contributed by atoms with van der Waals surface area (Å²) in [6.45, 7) is 0. The Labute approximate surface area is 133 Å². The Kier molecular flexibility index (Phi) is 5.01. The summed E-state index contributed by atoms with van der Waals surface area (Å²) in [4.78, 5) is 11.4. The van der Waals surface area contributed by atoms with Crippen LogP contribution in [0.5, 0.6) is 0 Å². The summed E-state index contributed by atoms with van der Waals surface area (Å²) in [5, 5.41) is 3.17. The molecule has 0 saturated heterocycles. The molecule has 2 aromatic rings. The molecule has 0 fully saturated rings. The SMILES string of the molecule is CNC(c1ccc(C(=O)OC)o1)c1ccc(Br)cc1Br. The van der Waals surface area contributed by atoms with Gasteiger partial charge in [0.15, 0.2) is 0 Å². The molecule has 4 nitrogen and oxygen atoms in total. The van der Waals surface area contributed by atoms with E-state index in [2.05, 4.69) is 41.9 Å². The molecule has 0 radical (unpaired) electrons. The van der Waals surface area contributed by atoms with Gasteiger partial charge < -0.3 is 14.5 Å². The van der Waals surface area contributed by atoms with Gasteiger partial charge in [0.25, 0.3) is 0 Å². The standard InChI is InChI=1S/C14H13Br2NO3/c1-17-13(9-4-3-8(15)7-10(9)16)11-5-6-12(20-11)14(18)19-2/h3-7,13,17H,1-2H3. The maximum absolute atomic E-state index is 11.4. The maximum atomic E-state index is 11.4. The fourth-order valence-corrected chi connectivity index (χ4v) is 3.18. The summed E-state index contributed by atoms with van der Waals surface area (Å²) in [6, 6.07) is 9.12. The normalized spacial score (nSPS) is 12.2. The smallest absolute Gasteiger partial charge is 0.373 e. The summed E-state index contributed by atoms with van der Waals surface area (Å²) >= 11 is 6.95. The number of esters is 1. The number of hydrogen-bond acceptors (Lipinski definition) is 4. The van der Waals surface area contributed by atoms with Crippen LogP contribution < -0.4 is 5.32 Å². The molecule has 0 aliphatic heterocycles. The van der Waals surface area contributed by atoms with E-state index in [-0.39, 0.29) is 11.8 Å². The average molecular weight is 403 g/mol. The molecule has 0 saturated carbocycles. The van der Waals surface area contributed by atoms with Crippen molar-refractivity contribution in [3.63, 3.8) is 0 Å². The number of carbonyl (C=O) groups is 1. The van der Waals surface area contributed by atoms with Crippen LogP contribution in [0.25, 0.3) is 0 Å².